The fraction of sp³-hybridized carbons (Fsp3) is 0.550. The quantitative estimate of drug-likeness (QED) is 0.818. The summed E-state index contributed by atoms with van der Waals surface area (Å²) in [5.41, 5.74) is 2.64. The van der Waals surface area contributed by atoms with Crippen LogP contribution in [-0.2, 0) is 9.53 Å². The topological polar surface area (TPSA) is 93.1 Å². The largest absolute Gasteiger partial charge is 0.384 e. The number of nitrogens with zero attached hydrogens (tertiary/aromatic N) is 5. The van der Waals surface area contributed by atoms with Gasteiger partial charge in [-0.05, 0) is 46.1 Å². The molecule has 0 aromatic carbocycles. The van der Waals surface area contributed by atoms with Crippen LogP contribution in [0, 0.1) is 20.8 Å². The summed E-state index contributed by atoms with van der Waals surface area (Å²) in [5.74, 6) is 1.91. The van der Waals surface area contributed by atoms with E-state index in [1.165, 1.54) is 0 Å². The zero-order chi connectivity index (χ0) is 20.1. The first-order valence-corrected chi connectivity index (χ1v) is 9.69. The van der Waals surface area contributed by atoms with Crippen molar-refractivity contribution in [1.82, 2.24) is 24.8 Å². The van der Waals surface area contributed by atoms with Crippen molar-refractivity contribution >= 4 is 17.7 Å². The summed E-state index contributed by atoms with van der Waals surface area (Å²) in [6.07, 6.45) is 3.37. The second kappa shape index (κ2) is 9.05. The van der Waals surface area contributed by atoms with E-state index in [1.807, 2.05) is 37.8 Å². The molecule has 8 heteroatoms. The van der Waals surface area contributed by atoms with E-state index in [1.54, 1.807) is 7.11 Å². The van der Waals surface area contributed by atoms with Crippen LogP contribution in [0.15, 0.2) is 12.1 Å². The molecule has 1 saturated heterocycles. The van der Waals surface area contributed by atoms with Gasteiger partial charge in [0.2, 0.25) is 11.9 Å². The normalized spacial score (nSPS) is 16.9. The molecule has 1 amide bonds. The molecule has 3 rings (SSSR count). The van der Waals surface area contributed by atoms with Crippen LogP contribution in [0.1, 0.15) is 54.6 Å². The predicted octanol–water partition coefficient (Wildman–Crippen LogP) is 3.03. The summed E-state index contributed by atoms with van der Waals surface area (Å²) in [5, 5.41) is 3.19. The fourth-order valence-corrected chi connectivity index (χ4v) is 3.59. The first-order chi connectivity index (χ1) is 13.5. The average Bonchev–Trinajstić information content (AvgIpc) is 2.64. The van der Waals surface area contributed by atoms with Crippen LogP contribution in [-0.4, -0.2) is 51.0 Å². The van der Waals surface area contributed by atoms with E-state index in [0.29, 0.717) is 30.6 Å². The van der Waals surface area contributed by atoms with E-state index in [9.17, 15) is 4.79 Å². The Morgan fingerprint density at radius 3 is 2.61 bits per heavy atom. The third-order valence-corrected chi connectivity index (χ3v) is 4.76. The minimum atomic E-state index is -0.0412. The van der Waals surface area contributed by atoms with E-state index in [0.717, 1.165) is 42.9 Å². The molecule has 0 bridgehead atoms. The maximum atomic E-state index is 12.6. The Bertz CT molecular complexity index is 821. The summed E-state index contributed by atoms with van der Waals surface area (Å²) >= 11 is 0. The highest BCUT2D eigenvalue weighted by molar-refractivity contribution is 5.77. The van der Waals surface area contributed by atoms with Gasteiger partial charge in [-0.3, -0.25) is 4.79 Å². The second-order valence-electron chi connectivity index (χ2n) is 7.17. The van der Waals surface area contributed by atoms with E-state index >= 15 is 0 Å². The lowest BCUT2D eigenvalue weighted by atomic mass is 9.98. The van der Waals surface area contributed by atoms with Crippen molar-refractivity contribution in [3.63, 3.8) is 0 Å². The van der Waals surface area contributed by atoms with Gasteiger partial charge in [0, 0.05) is 31.1 Å². The third-order valence-electron chi connectivity index (χ3n) is 4.76. The Morgan fingerprint density at radius 2 is 1.89 bits per heavy atom. The summed E-state index contributed by atoms with van der Waals surface area (Å²) in [4.78, 5) is 32.5. The standard InChI is InChI=1S/C20H28N6O2/c1-13-11-14(2)22-20(21-13)25-18-12-16(23-15(3)24-18)17-7-5-6-9-26(17)19(27)8-10-28-4/h11-12,17H,5-10H2,1-4H3,(H,21,22,23,24,25). The highest BCUT2D eigenvalue weighted by atomic mass is 16.5. The summed E-state index contributed by atoms with van der Waals surface area (Å²) in [7, 11) is 1.61. The number of carbonyl (C=O) groups excluding carboxylic acids is 1. The molecule has 1 N–H and O–H groups in total. The van der Waals surface area contributed by atoms with Gasteiger partial charge < -0.3 is 15.0 Å². The van der Waals surface area contributed by atoms with Crippen LogP contribution in [0.25, 0.3) is 0 Å². The molecule has 1 unspecified atom stereocenters. The first-order valence-electron chi connectivity index (χ1n) is 9.69. The SMILES string of the molecule is COCCC(=O)N1CCCCC1c1cc(Nc2nc(C)cc(C)n2)nc(C)n1. The predicted molar refractivity (Wildman–Crippen MR) is 106 cm³/mol. The van der Waals surface area contributed by atoms with Gasteiger partial charge in [0.05, 0.1) is 24.8 Å². The van der Waals surface area contributed by atoms with E-state index < -0.39 is 0 Å². The molecule has 0 saturated carbocycles. The van der Waals surface area contributed by atoms with E-state index in [2.05, 4.69) is 25.3 Å². The summed E-state index contributed by atoms with van der Waals surface area (Å²) < 4.78 is 5.07. The molecule has 150 valence electrons. The number of ether oxygens (including phenoxy) is 1. The van der Waals surface area contributed by atoms with Crippen molar-refractivity contribution in [3.8, 4) is 0 Å². The van der Waals surface area contributed by atoms with Gasteiger partial charge in [-0.1, -0.05) is 0 Å². The first kappa shape index (κ1) is 20.1. The Morgan fingerprint density at radius 1 is 1.14 bits per heavy atom. The maximum absolute atomic E-state index is 12.6. The summed E-state index contributed by atoms with van der Waals surface area (Å²) in [6, 6.07) is 3.79. The van der Waals surface area contributed by atoms with Crippen LogP contribution >= 0.6 is 0 Å². The van der Waals surface area contributed by atoms with Gasteiger partial charge in [0.1, 0.15) is 11.6 Å². The summed E-state index contributed by atoms with van der Waals surface area (Å²) in [6.45, 7) is 6.90. The van der Waals surface area contributed by atoms with Gasteiger partial charge in [-0.2, -0.15) is 0 Å². The molecule has 1 aliphatic rings. The number of likely N-dealkylation sites (tertiary alicyclic amines) is 1. The lowest BCUT2D eigenvalue weighted by Crippen LogP contribution is -2.39. The lowest BCUT2D eigenvalue weighted by molar-refractivity contribution is -0.136. The third kappa shape index (κ3) is 5.01. The maximum Gasteiger partial charge on any atom is 0.228 e. The highest BCUT2D eigenvalue weighted by Crippen LogP contribution is 2.31. The molecule has 3 heterocycles. The van der Waals surface area contributed by atoms with Gasteiger partial charge in [0.25, 0.3) is 0 Å². The number of nitrogens with one attached hydrogen (secondary N) is 1. The van der Waals surface area contributed by atoms with Crippen molar-refractivity contribution < 1.29 is 9.53 Å². The molecule has 1 fully saturated rings. The van der Waals surface area contributed by atoms with Crippen LogP contribution in [0.3, 0.4) is 0 Å². The molecule has 8 nitrogen and oxygen atoms in total. The molecule has 2 aromatic rings. The molecule has 28 heavy (non-hydrogen) atoms. The van der Waals surface area contributed by atoms with Crippen LogP contribution in [0.4, 0.5) is 11.8 Å². The number of piperidine rings is 1. The number of amides is 1. The Kier molecular flexibility index (Phi) is 6.51. The van der Waals surface area contributed by atoms with Crippen LogP contribution in [0.2, 0.25) is 0 Å². The number of methoxy groups -OCH3 is 1. The molecule has 0 radical (unpaired) electrons. The minimum absolute atomic E-state index is 0.0412. The number of anilines is 2. The monoisotopic (exact) mass is 384 g/mol. The van der Waals surface area contributed by atoms with Gasteiger partial charge >= 0.3 is 0 Å². The number of hydrogen-bond acceptors (Lipinski definition) is 7. The number of aromatic nitrogens is 4. The Labute approximate surface area is 165 Å². The van der Waals surface area contributed by atoms with E-state index in [4.69, 9.17) is 4.74 Å². The highest BCUT2D eigenvalue weighted by Gasteiger charge is 2.29. The molecule has 2 aromatic heterocycles. The van der Waals surface area contributed by atoms with Crippen molar-refractivity contribution in [2.24, 2.45) is 0 Å². The molecule has 0 spiro atoms. The molecular formula is C20H28N6O2. The minimum Gasteiger partial charge on any atom is -0.384 e. The second-order valence-corrected chi connectivity index (χ2v) is 7.17. The van der Waals surface area contributed by atoms with Crippen molar-refractivity contribution in [1.29, 1.82) is 0 Å². The fourth-order valence-electron chi connectivity index (χ4n) is 3.59. The van der Waals surface area contributed by atoms with Crippen molar-refractivity contribution in [3.05, 3.63) is 35.0 Å². The average molecular weight is 384 g/mol. The van der Waals surface area contributed by atoms with Crippen LogP contribution < -0.4 is 5.32 Å². The Balaban J connectivity index is 1.85. The number of hydrogen-bond donors (Lipinski definition) is 1. The van der Waals surface area contributed by atoms with E-state index in [-0.39, 0.29) is 11.9 Å². The Hall–Kier alpha value is -2.61. The molecule has 1 atom stereocenters. The molecular weight excluding hydrogens is 356 g/mol. The lowest BCUT2D eigenvalue weighted by Gasteiger charge is -2.35. The van der Waals surface area contributed by atoms with Gasteiger partial charge in [-0.25, -0.2) is 19.9 Å². The zero-order valence-corrected chi connectivity index (χ0v) is 17.0. The molecule has 0 aliphatic carbocycles. The smallest absolute Gasteiger partial charge is 0.228 e. The molecule has 1 aliphatic heterocycles. The number of rotatable bonds is 6. The number of aryl methyl sites for hydroxylation is 3. The van der Waals surface area contributed by atoms with Gasteiger partial charge in [-0.15, -0.1) is 0 Å². The van der Waals surface area contributed by atoms with Crippen molar-refractivity contribution in [2.75, 3.05) is 25.6 Å². The number of carbonyl (C=O) groups is 1. The van der Waals surface area contributed by atoms with Crippen molar-refractivity contribution in [2.45, 2.75) is 52.5 Å². The van der Waals surface area contributed by atoms with Gasteiger partial charge in [0.15, 0.2) is 0 Å². The van der Waals surface area contributed by atoms with Crippen LogP contribution in [0.5, 0.6) is 0 Å². The zero-order valence-electron chi connectivity index (χ0n) is 17.0.